The first-order chi connectivity index (χ1) is 7.97. The normalized spacial score (nSPS) is 41.1. The van der Waals surface area contributed by atoms with E-state index in [0.29, 0.717) is 0 Å². The van der Waals surface area contributed by atoms with Crippen molar-refractivity contribution in [3.8, 4) is 0 Å². The van der Waals surface area contributed by atoms with E-state index in [4.69, 9.17) is 14.3 Å². The van der Waals surface area contributed by atoms with E-state index in [0.717, 1.165) is 0 Å². The van der Waals surface area contributed by atoms with Gasteiger partial charge in [-0.3, -0.25) is 4.84 Å². The predicted molar refractivity (Wildman–Crippen MR) is 54.5 cm³/mol. The van der Waals surface area contributed by atoms with Crippen LogP contribution < -0.4 is 0 Å². The van der Waals surface area contributed by atoms with Crippen molar-refractivity contribution in [2.24, 2.45) is 0 Å². The van der Waals surface area contributed by atoms with Crippen LogP contribution in [0.3, 0.4) is 0 Å². The van der Waals surface area contributed by atoms with Crippen LogP contribution in [0.15, 0.2) is 0 Å². The van der Waals surface area contributed by atoms with E-state index in [1.165, 1.54) is 12.2 Å². The number of rotatable bonds is 3. The molecule has 0 radical (unpaired) electrons. The summed E-state index contributed by atoms with van der Waals surface area (Å²) in [5.74, 6) is -0.758. The van der Waals surface area contributed by atoms with Crippen LogP contribution in [0.25, 0.3) is 0 Å². The zero-order chi connectivity index (χ0) is 12.7. The molecule has 0 aromatic heterocycles. The highest BCUT2D eigenvalue weighted by Crippen LogP contribution is 2.34. The van der Waals surface area contributed by atoms with Crippen molar-refractivity contribution < 1.29 is 29.3 Å². The van der Waals surface area contributed by atoms with Gasteiger partial charge in [0.05, 0.1) is 7.11 Å². The van der Waals surface area contributed by atoms with E-state index in [1.807, 2.05) is 13.8 Å². The molecule has 98 valence electrons. The fraction of sp³-hybridized carbons (Fsp3) is 0.900. The topological polar surface area (TPSA) is 88.5 Å². The Morgan fingerprint density at radius 3 is 2.47 bits per heavy atom. The van der Waals surface area contributed by atoms with Crippen molar-refractivity contribution >= 4 is 5.97 Å². The summed E-state index contributed by atoms with van der Waals surface area (Å²) in [7, 11) is 1.46. The first kappa shape index (κ1) is 12.7. The minimum atomic E-state index is -1.34. The number of fused-ring (bicyclic) bond motifs is 1. The third kappa shape index (κ3) is 1.94. The second-order valence-electron chi connectivity index (χ2n) is 4.46. The third-order valence-corrected chi connectivity index (χ3v) is 3.02. The van der Waals surface area contributed by atoms with Crippen LogP contribution in [-0.2, 0) is 19.1 Å². The van der Waals surface area contributed by atoms with Crippen molar-refractivity contribution in [2.45, 2.75) is 50.5 Å². The molecule has 0 spiro atoms. The second kappa shape index (κ2) is 4.51. The molecule has 0 aromatic carbocycles. The maximum Gasteiger partial charge on any atom is 0.338 e. The van der Waals surface area contributed by atoms with Crippen molar-refractivity contribution in [1.82, 2.24) is 5.06 Å². The molecule has 7 nitrogen and oxygen atoms in total. The maximum absolute atomic E-state index is 11.1. The minimum absolute atomic E-state index is 0.0219. The molecule has 2 aliphatic heterocycles. The molecule has 2 saturated heterocycles. The highest BCUT2D eigenvalue weighted by Gasteiger charge is 2.58. The van der Waals surface area contributed by atoms with Crippen molar-refractivity contribution in [2.75, 3.05) is 7.11 Å². The molecule has 2 rings (SSSR count). The Bertz CT molecular complexity index is 309. The molecule has 2 heterocycles. The van der Waals surface area contributed by atoms with Gasteiger partial charge in [0.25, 0.3) is 0 Å². The van der Waals surface area contributed by atoms with Gasteiger partial charge in [0.15, 0.2) is 18.4 Å². The Balaban J connectivity index is 2.13. The largest absolute Gasteiger partial charge is 0.455 e. The number of esters is 1. The van der Waals surface area contributed by atoms with Gasteiger partial charge in [-0.2, -0.15) is 5.06 Å². The van der Waals surface area contributed by atoms with Gasteiger partial charge in [-0.15, -0.1) is 0 Å². The van der Waals surface area contributed by atoms with E-state index >= 15 is 0 Å². The molecule has 2 N–H and O–H groups in total. The Hall–Kier alpha value is -0.730. The summed E-state index contributed by atoms with van der Waals surface area (Å²) in [5.41, 5.74) is 0. The Kier molecular flexibility index (Phi) is 3.37. The number of hydrogen-bond donors (Lipinski definition) is 2. The molecule has 0 aliphatic carbocycles. The summed E-state index contributed by atoms with van der Waals surface area (Å²) >= 11 is 0. The smallest absolute Gasteiger partial charge is 0.338 e. The van der Waals surface area contributed by atoms with Crippen LogP contribution in [0.4, 0.5) is 0 Å². The number of ether oxygens (including phenoxy) is 2. The fourth-order valence-corrected chi connectivity index (χ4v) is 2.22. The number of nitrogens with zero attached hydrogens (tertiary/aromatic N) is 1. The van der Waals surface area contributed by atoms with Crippen molar-refractivity contribution in [3.05, 3.63) is 0 Å². The van der Waals surface area contributed by atoms with Crippen molar-refractivity contribution in [1.29, 1.82) is 0 Å². The molecule has 7 heteroatoms. The Morgan fingerprint density at radius 1 is 1.35 bits per heavy atom. The van der Waals surface area contributed by atoms with E-state index in [2.05, 4.69) is 0 Å². The third-order valence-electron chi connectivity index (χ3n) is 3.02. The molecule has 0 amide bonds. The average Bonchev–Trinajstić information content (AvgIpc) is 2.71. The standard InChI is InChI=1S/C10H17NO6/c1-4(2)11(15-3)9-5(12)7-8(16-9)6(13)10(14)17-7/h4-9,12-13H,1-3H3/t5-,6-,7?,8+,9?/m0/s1. The lowest BCUT2D eigenvalue weighted by atomic mass is 10.1. The van der Waals surface area contributed by atoms with E-state index < -0.39 is 36.6 Å². The van der Waals surface area contributed by atoms with Crippen LogP contribution >= 0.6 is 0 Å². The summed E-state index contributed by atoms with van der Waals surface area (Å²) in [4.78, 5) is 16.2. The van der Waals surface area contributed by atoms with Crippen LogP contribution in [0.5, 0.6) is 0 Å². The summed E-state index contributed by atoms with van der Waals surface area (Å²) < 4.78 is 10.3. The molecule has 0 aromatic rings. The van der Waals surface area contributed by atoms with Crippen LogP contribution in [0, 0.1) is 0 Å². The van der Waals surface area contributed by atoms with Gasteiger partial charge in [-0.1, -0.05) is 0 Å². The lowest BCUT2D eigenvalue weighted by Gasteiger charge is -2.31. The first-order valence-electron chi connectivity index (χ1n) is 5.52. The number of aliphatic hydroxyl groups excluding tert-OH is 2. The summed E-state index contributed by atoms with van der Waals surface area (Å²) in [6, 6.07) is -0.0219. The van der Waals surface area contributed by atoms with Gasteiger partial charge >= 0.3 is 5.97 Å². The molecular weight excluding hydrogens is 230 g/mol. The number of hydrogen-bond acceptors (Lipinski definition) is 7. The SMILES string of the molecule is CON(C(C)C)C1O[C@H]2C(OC(=O)[C@H]2O)[C@@H]1O. The molecule has 5 atom stereocenters. The molecule has 2 fully saturated rings. The van der Waals surface area contributed by atoms with E-state index in [-0.39, 0.29) is 6.04 Å². The second-order valence-corrected chi connectivity index (χ2v) is 4.46. The highest BCUT2D eigenvalue weighted by molar-refractivity contribution is 5.78. The van der Waals surface area contributed by atoms with Gasteiger partial charge in [0, 0.05) is 6.04 Å². The van der Waals surface area contributed by atoms with Crippen LogP contribution in [0.1, 0.15) is 13.8 Å². The van der Waals surface area contributed by atoms with E-state index in [9.17, 15) is 15.0 Å². The highest BCUT2D eigenvalue weighted by atomic mass is 16.7. The maximum atomic E-state index is 11.1. The molecule has 2 aliphatic rings. The number of carbonyl (C=O) groups is 1. The quantitative estimate of drug-likeness (QED) is 0.470. The van der Waals surface area contributed by atoms with Gasteiger partial charge in [0.1, 0.15) is 12.2 Å². The zero-order valence-corrected chi connectivity index (χ0v) is 9.94. The van der Waals surface area contributed by atoms with E-state index in [1.54, 1.807) is 0 Å². The molecule has 2 unspecified atom stereocenters. The zero-order valence-electron chi connectivity index (χ0n) is 9.94. The lowest BCUT2D eigenvalue weighted by molar-refractivity contribution is -0.268. The van der Waals surface area contributed by atoms with Crippen molar-refractivity contribution in [3.63, 3.8) is 0 Å². The van der Waals surface area contributed by atoms with Gasteiger partial charge in [0.2, 0.25) is 0 Å². The average molecular weight is 247 g/mol. The van der Waals surface area contributed by atoms with Gasteiger partial charge in [-0.05, 0) is 13.8 Å². The number of carbonyl (C=O) groups excluding carboxylic acids is 1. The lowest BCUT2D eigenvalue weighted by Crippen LogP contribution is -2.47. The predicted octanol–water partition coefficient (Wildman–Crippen LogP) is -1.37. The molecule has 0 bridgehead atoms. The monoisotopic (exact) mass is 247 g/mol. The minimum Gasteiger partial charge on any atom is -0.455 e. The van der Waals surface area contributed by atoms with Gasteiger partial charge in [-0.25, -0.2) is 4.79 Å². The fourth-order valence-electron chi connectivity index (χ4n) is 2.22. The summed E-state index contributed by atoms with van der Waals surface area (Å²) in [6.45, 7) is 3.74. The number of aliphatic hydroxyl groups is 2. The Morgan fingerprint density at radius 2 is 2.00 bits per heavy atom. The summed E-state index contributed by atoms with van der Waals surface area (Å²) in [6.07, 6.45) is -4.80. The number of hydroxylamine groups is 2. The van der Waals surface area contributed by atoms with Crippen LogP contribution in [0.2, 0.25) is 0 Å². The molecular formula is C10H17NO6. The summed E-state index contributed by atoms with van der Waals surface area (Å²) in [5, 5.41) is 21.0. The van der Waals surface area contributed by atoms with Crippen LogP contribution in [-0.4, -0.2) is 65.0 Å². The molecule has 17 heavy (non-hydrogen) atoms. The Labute approximate surface area is 98.8 Å². The molecule has 0 saturated carbocycles. The first-order valence-corrected chi connectivity index (χ1v) is 5.52. The van der Waals surface area contributed by atoms with Gasteiger partial charge < -0.3 is 19.7 Å².